The van der Waals surface area contributed by atoms with Crippen LogP contribution in [0.5, 0.6) is 0 Å². The lowest BCUT2D eigenvalue weighted by Crippen LogP contribution is -2.59. The van der Waals surface area contributed by atoms with Crippen molar-refractivity contribution in [2.45, 2.75) is 43.8 Å². The molecule has 1 N–H and O–H groups in total. The lowest BCUT2D eigenvalue weighted by atomic mass is 9.63. The number of amides is 1. The standard InChI is InChI=1S/C17H19F2NO4/c1-10-8-20(9-13(24-10)15(21)22)16(23)17(6-3-7-17)14-11(18)4-2-5-12(14)19/h2,4-5,10,13H,3,6-9H2,1H3,(H,21,22)/t10-,13?/m1/s1. The number of carboxylic acid groups (broad SMARTS) is 1. The van der Waals surface area contributed by atoms with Gasteiger partial charge >= 0.3 is 5.97 Å². The number of hydrogen-bond acceptors (Lipinski definition) is 3. The highest BCUT2D eigenvalue weighted by Crippen LogP contribution is 2.47. The summed E-state index contributed by atoms with van der Waals surface area (Å²) in [6, 6.07) is 3.56. The zero-order valence-corrected chi connectivity index (χ0v) is 13.3. The van der Waals surface area contributed by atoms with Gasteiger partial charge in [0.1, 0.15) is 11.6 Å². The van der Waals surface area contributed by atoms with Gasteiger partial charge in [-0.05, 0) is 31.9 Å². The van der Waals surface area contributed by atoms with E-state index in [1.807, 2.05) is 0 Å². The molecule has 2 aliphatic rings. The first-order valence-corrected chi connectivity index (χ1v) is 7.97. The highest BCUT2D eigenvalue weighted by atomic mass is 19.1. The average molecular weight is 339 g/mol. The van der Waals surface area contributed by atoms with Crippen LogP contribution >= 0.6 is 0 Å². The van der Waals surface area contributed by atoms with Crippen molar-refractivity contribution in [2.75, 3.05) is 13.1 Å². The molecular formula is C17H19F2NO4. The third-order valence-corrected chi connectivity index (χ3v) is 4.88. The fourth-order valence-corrected chi connectivity index (χ4v) is 3.61. The van der Waals surface area contributed by atoms with Gasteiger partial charge in [0.05, 0.1) is 18.1 Å². The summed E-state index contributed by atoms with van der Waals surface area (Å²) in [6.07, 6.45) is -0.172. The number of hydrogen-bond donors (Lipinski definition) is 1. The Hall–Kier alpha value is -2.02. The van der Waals surface area contributed by atoms with E-state index < -0.39 is 41.1 Å². The van der Waals surface area contributed by atoms with Gasteiger partial charge in [0.2, 0.25) is 5.91 Å². The SMILES string of the molecule is C[C@@H]1CN(C(=O)C2(c3c(F)cccc3F)CCC2)CC(C(=O)O)O1. The molecule has 0 aromatic heterocycles. The highest BCUT2D eigenvalue weighted by molar-refractivity contribution is 5.90. The van der Waals surface area contributed by atoms with Gasteiger partial charge in [0.25, 0.3) is 0 Å². The van der Waals surface area contributed by atoms with Gasteiger partial charge in [-0.1, -0.05) is 12.5 Å². The largest absolute Gasteiger partial charge is 0.479 e. The van der Waals surface area contributed by atoms with Crippen molar-refractivity contribution in [3.05, 3.63) is 35.4 Å². The molecule has 0 radical (unpaired) electrons. The average Bonchev–Trinajstić information content (AvgIpc) is 2.48. The van der Waals surface area contributed by atoms with E-state index in [4.69, 9.17) is 9.84 Å². The number of carbonyl (C=O) groups excluding carboxylic acids is 1. The van der Waals surface area contributed by atoms with Crippen LogP contribution in [0.3, 0.4) is 0 Å². The summed E-state index contributed by atoms with van der Waals surface area (Å²) in [5, 5.41) is 9.15. The van der Waals surface area contributed by atoms with E-state index in [-0.39, 0.29) is 18.7 Å². The third-order valence-electron chi connectivity index (χ3n) is 4.88. The van der Waals surface area contributed by atoms with E-state index in [1.54, 1.807) is 6.92 Å². The van der Waals surface area contributed by atoms with Crippen LogP contribution < -0.4 is 0 Å². The predicted octanol–water partition coefficient (Wildman–Crippen LogP) is 2.09. The number of aliphatic carboxylic acids is 1. The van der Waals surface area contributed by atoms with Crippen molar-refractivity contribution in [3.63, 3.8) is 0 Å². The van der Waals surface area contributed by atoms with Crippen LogP contribution in [-0.2, 0) is 19.7 Å². The van der Waals surface area contributed by atoms with E-state index in [9.17, 15) is 18.4 Å². The van der Waals surface area contributed by atoms with Gasteiger partial charge < -0.3 is 14.7 Å². The molecule has 1 aromatic carbocycles. The number of halogens is 2. The summed E-state index contributed by atoms with van der Waals surface area (Å²) in [4.78, 5) is 25.6. The van der Waals surface area contributed by atoms with E-state index in [1.165, 1.54) is 11.0 Å². The summed E-state index contributed by atoms with van der Waals surface area (Å²) in [7, 11) is 0. The van der Waals surface area contributed by atoms with E-state index >= 15 is 0 Å². The van der Waals surface area contributed by atoms with Crippen molar-refractivity contribution in [1.82, 2.24) is 4.90 Å². The fraction of sp³-hybridized carbons (Fsp3) is 0.529. The molecular weight excluding hydrogens is 320 g/mol. The minimum atomic E-state index is -1.24. The Balaban J connectivity index is 1.93. The molecule has 1 aliphatic carbocycles. The molecule has 24 heavy (non-hydrogen) atoms. The number of benzene rings is 1. The van der Waals surface area contributed by atoms with Crippen molar-refractivity contribution >= 4 is 11.9 Å². The topological polar surface area (TPSA) is 66.8 Å². The quantitative estimate of drug-likeness (QED) is 0.916. The second-order valence-corrected chi connectivity index (χ2v) is 6.52. The number of ether oxygens (including phenoxy) is 1. The van der Waals surface area contributed by atoms with Crippen molar-refractivity contribution < 1.29 is 28.2 Å². The van der Waals surface area contributed by atoms with Crippen LogP contribution in [0.1, 0.15) is 31.7 Å². The number of carbonyl (C=O) groups is 2. The van der Waals surface area contributed by atoms with Crippen LogP contribution in [0.2, 0.25) is 0 Å². The minimum absolute atomic E-state index is 0.115. The summed E-state index contributed by atoms with van der Waals surface area (Å²) in [5.74, 6) is -3.04. The molecule has 5 nitrogen and oxygen atoms in total. The van der Waals surface area contributed by atoms with E-state index in [0.29, 0.717) is 19.3 Å². The zero-order chi connectivity index (χ0) is 17.5. The molecule has 0 bridgehead atoms. The van der Waals surface area contributed by atoms with Gasteiger partial charge in [-0.15, -0.1) is 0 Å². The Morgan fingerprint density at radius 3 is 2.38 bits per heavy atom. The summed E-state index contributed by atoms with van der Waals surface area (Å²) < 4.78 is 33.8. The van der Waals surface area contributed by atoms with Crippen molar-refractivity contribution in [3.8, 4) is 0 Å². The summed E-state index contributed by atoms with van der Waals surface area (Å²) in [5.41, 5.74) is -1.44. The van der Waals surface area contributed by atoms with Crippen LogP contribution in [0, 0.1) is 11.6 Å². The Bertz CT molecular complexity index is 654. The first-order valence-electron chi connectivity index (χ1n) is 7.97. The Kier molecular flexibility index (Phi) is 4.29. The van der Waals surface area contributed by atoms with Gasteiger partial charge in [-0.25, -0.2) is 13.6 Å². The monoisotopic (exact) mass is 339 g/mol. The number of carboxylic acids is 1. The van der Waals surface area contributed by atoms with Gasteiger partial charge in [0.15, 0.2) is 6.10 Å². The van der Waals surface area contributed by atoms with Crippen LogP contribution in [0.25, 0.3) is 0 Å². The Labute approximate surface area is 138 Å². The lowest BCUT2D eigenvalue weighted by Gasteiger charge is -2.46. The molecule has 130 valence electrons. The molecule has 1 amide bonds. The molecule has 1 aromatic rings. The number of rotatable bonds is 3. The predicted molar refractivity (Wildman–Crippen MR) is 80.4 cm³/mol. The van der Waals surface area contributed by atoms with Crippen molar-refractivity contribution in [1.29, 1.82) is 0 Å². The number of nitrogens with zero attached hydrogens (tertiary/aromatic N) is 1. The van der Waals surface area contributed by atoms with Crippen LogP contribution in [0.15, 0.2) is 18.2 Å². The molecule has 0 spiro atoms. The van der Waals surface area contributed by atoms with E-state index in [0.717, 1.165) is 12.1 Å². The lowest BCUT2D eigenvalue weighted by molar-refractivity contribution is -0.169. The molecule has 2 fully saturated rings. The Morgan fingerprint density at radius 1 is 1.25 bits per heavy atom. The smallest absolute Gasteiger partial charge is 0.334 e. The second-order valence-electron chi connectivity index (χ2n) is 6.52. The molecule has 1 heterocycles. The van der Waals surface area contributed by atoms with Crippen LogP contribution in [-0.4, -0.2) is 47.2 Å². The molecule has 3 rings (SSSR count). The maximum absolute atomic E-state index is 14.2. The molecule has 1 saturated heterocycles. The second kappa shape index (κ2) is 6.12. The molecule has 2 atom stereocenters. The summed E-state index contributed by atoms with van der Waals surface area (Å²) >= 11 is 0. The molecule has 1 saturated carbocycles. The minimum Gasteiger partial charge on any atom is -0.479 e. The van der Waals surface area contributed by atoms with Gasteiger partial charge in [-0.2, -0.15) is 0 Å². The fourth-order valence-electron chi connectivity index (χ4n) is 3.61. The van der Waals surface area contributed by atoms with Crippen molar-refractivity contribution in [2.24, 2.45) is 0 Å². The molecule has 7 heteroatoms. The highest BCUT2D eigenvalue weighted by Gasteiger charge is 2.52. The molecule has 1 unspecified atom stereocenters. The maximum Gasteiger partial charge on any atom is 0.334 e. The molecule has 1 aliphatic heterocycles. The zero-order valence-electron chi connectivity index (χ0n) is 13.3. The normalized spacial score (nSPS) is 25.9. The van der Waals surface area contributed by atoms with Gasteiger partial charge in [-0.3, -0.25) is 4.79 Å². The summed E-state index contributed by atoms with van der Waals surface area (Å²) in [6.45, 7) is 1.77. The van der Waals surface area contributed by atoms with Crippen LogP contribution in [0.4, 0.5) is 8.78 Å². The van der Waals surface area contributed by atoms with E-state index in [2.05, 4.69) is 0 Å². The first-order chi connectivity index (χ1) is 11.3. The maximum atomic E-state index is 14.2. The third kappa shape index (κ3) is 2.66. The van der Waals surface area contributed by atoms with Gasteiger partial charge in [0, 0.05) is 12.1 Å². The Morgan fingerprint density at radius 2 is 1.88 bits per heavy atom. The number of morpholine rings is 1. The first kappa shape index (κ1) is 16.8.